The average Bonchev–Trinajstić information content (AvgIpc) is 3.42. The van der Waals surface area contributed by atoms with Gasteiger partial charge in [0.05, 0.1) is 12.2 Å². The van der Waals surface area contributed by atoms with Gasteiger partial charge in [0.25, 0.3) is 11.3 Å². The number of H-pyrrole nitrogens is 1. The van der Waals surface area contributed by atoms with Gasteiger partial charge in [-0.2, -0.15) is 9.50 Å². The molecule has 3 N–H and O–H groups in total. The molecule has 0 unspecified atom stereocenters. The Kier molecular flexibility index (Phi) is 6.22. The molecule has 0 bridgehead atoms. The van der Waals surface area contributed by atoms with Gasteiger partial charge in [-0.3, -0.25) is 14.7 Å². The summed E-state index contributed by atoms with van der Waals surface area (Å²) in [5.41, 5.74) is 2.60. The van der Waals surface area contributed by atoms with Crippen LogP contribution in [0.25, 0.3) is 5.78 Å². The van der Waals surface area contributed by atoms with E-state index in [1.165, 1.54) is 4.52 Å². The Morgan fingerprint density at radius 3 is 2.66 bits per heavy atom. The fourth-order valence-electron chi connectivity index (χ4n) is 3.31. The van der Waals surface area contributed by atoms with Crippen molar-refractivity contribution in [2.75, 3.05) is 29.6 Å². The fraction of sp³-hybridized carbons (Fsp3) is 0.273. The van der Waals surface area contributed by atoms with E-state index < -0.39 is 0 Å². The zero-order valence-corrected chi connectivity index (χ0v) is 19.0. The second-order valence-corrected chi connectivity index (χ2v) is 8.64. The number of hydrogen-bond acceptors (Lipinski definition) is 7. The first-order chi connectivity index (χ1) is 15.4. The summed E-state index contributed by atoms with van der Waals surface area (Å²) in [5, 5.41) is 11.0. The van der Waals surface area contributed by atoms with E-state index >= 15 is 0 Å². The molecule has 1 amide bonds. The Balaban J connectivity index is 1.43. The Bertz CT molecular complexity index is 1270. The van der Waals surface area contributed by atoms with Crippen LogP contribution in [0, 0.1) is 6.92 Å². The van der Waals surface area contributed by atoms with E-state index in [1.54, 1.807) is 18.3 Å². The van der Waals surface area contributed by atoms with Gasteiger partial charge < -0.3 is 15.5 Å². The third-order valence-corrected chi connectivity index (χ3v) is 5.95. The van der Waals surface area contributed by atoms with Gasteiger partial charge in [0.15, 0.2) is 0 Å². The number of carbonyl (C=O) groups excluding carboxylic acids is 1. The number of amides is 1. The molecule has 3 aromatic heterocycles. The highest BCUT2D eigenvalue weighted by atomic mass is 32.1. The monoisotopic (exact) mass is 451 g/mol. The van der Waals surface area contributed by atoms with Crippen molar-refractivity contribution in [3.8, 4) is 0 Å². The summed E-state index contributed by atoms with van der Waals surface area (Å²) in [6, 6.07) is 11.6. The Labute approximate surface area is 189 Å². The lowest BCUT2D eigenvalue weighted by molar-refractivity contribution is -0.116. The number of thiophene rings is 1. The minimum atomic E-state index is -0.243. The molecule has 3 heterocycles. The normalized spacial score (nSPS) is 11.0. The van der Waals surface area contributed by atoms with E-state index in [0.29, 0.717) is 35.9 Å². The largest absolute Gasteiger partial charge is 0.378 e. The van der Waals surface area contributed by atoms with Crippen molar-refractivity contribution in [3.63, 3.8) is 0 Å². The molecule has 0 saturated carbocycles. The van der Waals surface area contributed by atoms with Crippen LogP contribution < -0.4 is 21.1 Å². The predicted octanol–water partition coefficient (Wildman–Crippen LogP) is 3.04. The number of aryl methyl sites for hydroxylation is 1. The molecule has 9 nitrogen and oxygen atoms in total. The van der Waals surface area contributed by atoms with E-state index in [-0.39, 0.29) is 17.9 Å². The number of carbonyl (C=O) groups is 1. The van der Waals surface area contributed by atoms with Crippen LogP contribution in [-0.2, 0) is 17.8 Å². The Morgan fingerprint density at radius 1 is 1.19 bits per heavy atom. The molecular weight excluding hydrogens is 426 g/mol. The zero-order valence-electron chi connectivity index (χ0n) is 18.2. The quantitative estimate of drug-likeness (QED) is 0.380. The van der Waals surface area contributed by atoms with Crippen LogP contribution >= 0.6 is 11.3 Å². The first kappa shape index (κ1) is 21.6. The summed E-state index contributed by atoms with van der Waals surface area (Å²) in [6.07, 6.45) is 0.468. The number of aromatic nitrogens is 4. The van der Waals surface area contributed by atoms with E-state index in [4.69, 9.17) is 0 Å². The van der Waals surface area contributed by atoms with Gasteiger partial charge in [0.2, 0.25) is 11.9 Å². The van der Waals surface area contributed by atoms with Crippen molar-refractivity contribution in [3.05, 3.63) is 68.3 Å². The summed E-state index contributed by atoms with van der Waals surface area (Å²) < 4.78 is 1.32. The van der Waals surface area contributed by atoms with Crippen LogP contribution in [0.4, 0.5) is 17.3 Å². The van der Waals surface area contributed by atoms with Crippen molar-refractivity contribution in [1.29, 1.82) is 0 Å². The Morgan fingerprint density at radius 2 is 1.97 bits per heavy atom. The number of nitrogens with one attached hydrogen (secondary N) is 3. The van der Waals surface area contributed by atoms with E-state index in [2.05, 4.69) is 25.7 Å². The highest BCUT2D eigenvalue weighted by molar-refractivity contribution is 7.09. The second kappa shape index (κ2) is 9.23. The standard InChI is InChI=1S/C22H25N7O2S/c1-14-18(10-11-19(30)25-15-6-8-16(9-7-15)28(2)3)20(31)29-22(24-14)26-21(27-29)23-13-17-5-4-12-32-17/h4-9,12H,10-11,13H2,1-3H3,(H,25,30)(H2,23,24,26,27). The summed E-state index contributed by atoms with van der Waals surface area (Å²) >= 11 is 1.64. The van der Waals surface area contributed by atoms with Gasteiger partial charge in [-0.1, -0.05) is 6.07 Å². The minimum absolute atomic E-state index is 0.158. The van der Waals surface area contributed by atoms with E-state index in [1.807, 2.05) is 60.8 Å². The molecule has 4 rings (SSSR count). The zero-order chi connectivity index (χ0) is 22.7. The van der Waals surface area contributed by atoms with Crippen LogP contribution in [0.5, 0.6) is 0 Å². The van der Waals surface area contributed by atoms with Crippen molar-refractivity contribution in [2.45, 2.75) is 26.3 Å². The van der Waals surface area contributed by atoms with Gasteiger partial charge in [-0.25, -0.2) is 4.98 Å². The molecule has 0 saturated heterocycles. The fourth-order valence-corrected chi connectivity index (χ4v) is 3.96. The minimum Gasteiger partial charge on any atom is -0.378 e. The van der Waals surface area contributed by atoms with Gasteiger partial charge in [0, 0.05) is 42.3 Å². The molecule has 32 heavy (non-hydrogen) atoms. The predicted molar refractivity (Wildman–Crippen MR) is 128 cm³/mol. The number of nitrogens with zero attached hydrogens (tertiary/aromatic N) is 4. The summed E-state index contributed by atoms with van der Waals surface area (Å²) in [6.45, 7) is 2.37. The molecule has 4 aromatic rings. The number of aromatic amines is 1. The van der Waals surface area contributed by atoms with Gasteiger partial charge >= 0.3 is 0 Å². The molecule has 10 heteroatoms. The van der Waals surface area contributed by atoms with Crippen molar-refractivity contribution in [2.24, 2.45) is 0 Å². The number of rotatable bonds is 8. The molecule has 0 fully saturated rings. The SMILES string of the molecule is Cc1nc2nc(NCc3cccs3)[nH]n2c(=O)c1CCC(=O)Nc1ccc(N(C)C)cc1. The van der Waals surface area contributed by atoms with Crippen LogP contribution in [0.3, 0.4) is 0 Å². The van der Waals surface area contributed by atoms with Gasteiger partial charge in [-0.05, 0) is 49.1 Å². The van der Waals surface area contributed by atoms with Crippen LogP contribution in [0.2, 0.25) is 0 Å². The molecule has 166 valence electrons. The van der Waals surface area contributed by atoms with E-state index in [9.17, 15) is 9.59 Å². The first-order valence-electron chi connectivity index (χ1n) is 10.2. The van der Waals surface area contributed by atoms with Crippen LogP contribution in [0.1, 0.15) is 22.6 Å². The van der Waals surface area contributed by atoms with Gasteiger partial charge in [0.1, 0.15) is 0 Å². The molecule has 0 radical (unpaired) electrons. The number of anilines is 3. The smallest absolute Gasteiger partial charge is 0.277 e. The molecular formula is C22H25N7O2S. The maximum absolute atomic E-state index is 13.0. The summed E-state index contributed by atoms with van der Waals surface area (Å²) in [5.74, 6) is 0.614. The van der Waals surface area contributed by atoms with Crippen molar-refractivity contribution >= 4 is 40.3 Å². The lowest BCUT2D eigenvalue weighted by atomic mass is 10.1. The van der Waals surface area contributed by atoms with Crippen LogP contribution in [-0.4, -0.2) is 39.6 Å². The highest BCUT2D eigenvalue weighted by Gasteiger charge is 2.15. The van der Waals surface area contributed by atoms with Crippen LogP contribution in [0.15, 0.2) is 46.6 Å². The third kappa shape index (κ3) is 4.80. The summed E-state index contributed by atoms with van der Waals surface area (Å²) in [7, 11) is 3.92. The number of benzene rings is 1. The average molecular weight is 452 g/mol. The van der Waals surface area contributed by atoms with Crippen molar-refractivity contribution in [1.82, 2.24) is 19.6 Å². The highest BCUT2D eigenvalue weighted by Crippen LogP contribution is 2.16. The first-order valence-corrected chi connectivity index (χ1v) is 11.1. The molecule has 0 aliphatic heterocycles. The molecule has 1 aromatic carbocycles. The molecule has 0 aliphatic rings. The number of hydrogen-bond donors (Lipinski definition) is 3. The number of fused-ring (bicyclic) bond motifs is 1. The third-order valence-electron chi connectivity index (χ3n) is 5.07. The summed E-state index contributed by atoms with van der Waals surface area (Å²) in [4.78, 5) is 37.3. The second-order valence-electron chi connectivity index (χ2n) is 7.61. The topological polar surface area (TPSA) is 107 Å². The maximum Gasteiger partial charge on any atom is 0.277 e. The lowest BCUT2D eigenvalue weighted by Crippen LogP contribution is -2.23. The Hall–Kier alpha value is -3.66. The maximum atomic E-state index is 13.0. The molecule has 0 atom stereocenters. The lowest BCUT2D eigenvalue weighted by Gasteiger charge is -2.13. The molecule has 0 spiro atoms. The van der Waals surface area contributed by atoms with E-state index in [0.717, 1.165) is 16.3 Å². The van der Waals surface area contributed by atoms with Crippen molar-refractivity contribution < 1.29 is 4.79 Å². The van der Waals surface area contributed by atoms with Gasteiger partial charge in [-0.15, -0.1) is 11.3 Å². The molecule has 0 aliphatic carbocycles.